The number of rotatable bonds is 2. The first kappa shape index (κ1) is 12.8. The molecular formula is C14H15N3O3. The molecule has 1 amide bonds. The number of likely N-dealkylation sites (N-methyl/N-ethyl adjacent to an activating group) is 1. The second kappa shape index (κ2) is 5.03. The molecule has 1 saturated carbocycles. The first-order valence-electron chi connectivity index (χ1n) is 6.69. The summed E-state index contributed by atoms with van der Waals surface area (Å²) in [6, 6.07) is 4.70. The molecule has 3 rings (SSSR count). The molecule has 20 heavy (non-hydrogen) atoms. The van der Waals surface area contributed by atoms with Crippen molar-refractivity contribution in [1.82, 2.24) is 15.2 Å². The smallest absolute Gasteiger partial charge is 0.254 e. The zero-order valence-corrected chi connectivity index (χ0v) is 11.2. The quantitative estimate of drug-likeness (QED) is 0.834. The normalized spacial score (nSPS) is 19.2. The number of carbonyl (C=O) groups is 2. The second-order valence-electron chi connectivity index (χ2n) is 5.11. The van der Waals surface area contributed by atoms with Crippen LogP contribution in [0.15, 0.2) is 22.8 Å². The Balaban J connectivity index is 1.85. The van der Waals surface area contributed by atoms with E-state index in [2.05, 4.69) is 14.9 Å². The molecule has 6 heteroatoms. The molecular weight excluding hydrogens is 258 g/mol. The number of aromatic nitrogens is 2. The first-order valence-corrected chi connectivity index (χ1v) is 6.69. The van der Waals surface area contributed by atoms with Crippen LogP contribution in [0.3, 0.4) is 0 Å². The summed E-state index contributed by atoms with van der Waals surface area (Å²) < 4.78 is 4.61. The Morgan fingerprint density at radius 2 is 2.10 bits per heavy atom. The molecule has 1 fully saturated rings. The van der Waals surface area contributed by atoms with Gasteiger partial charge >= 0.3 is 0 Å². The van der Waals surface area contributed by atoms with E-state index in [4.69, 9.17) is 0 Å². The molecule has 2 aromatic rings. The Hall–Kier alpha value is -2.24. The molecule has 0 saturated heterocycles. The Morgan fingerprint density at radius 1 is 1.30 bits per heavy atom. The molecule has 1 atom stereocenters. The molecule has 1 aliphatic carbocycles. The fourth-order valence-corrected chi connectivity index (χ4v) is 2.63. The minimum absolute atomic E-state index is 0.149. The highest BCUT2D eigenvalue weighted by molar-refractivity contribution is 5.99. The number of amides is 1. The summed E-state index contributed by atoms with van der Waals surface area (Å²) in [5.74, 6) is -0.0218. The number of fused-ring (bicyclic) bond motifs is 1. The Bertz CT molecular complexity index is 664. The third kappa shape index (κ3) is 2.17. The van der Waals surface area contributed by atoms with Crippen LogP contribution in [0.4, 0.5) is 0 Å². The van der Waals surface area contributed by atoms with Crippen LogP contribution in [-0.2, 0) is 4.79 Å². The zero-order chi connectivity index (χ0) is 14.1. The van der Waals surface area contributed by atoms with Crippen LogP contribution >= 0.6 is 0 Å². The molecule has 0 radical (unpaired) electrons. The number of hydrogen-bond donors (Lipinski definition) is 0. The number of carbonyl (C=O) groups excluding carboxylic acids is 2. The average Bonchev–Trinajstić information content (AvgIpc) is 2.93. The lowest BCUT2D eigenvalue weighted by Crippen LogP contribution is -2.43. The van der Waals surface area contributed by atoms with E-state index in [1.165, 1.54) is 4.90 Å². The van der Waals surface area contributed by atoms with Gasteiger partial charge in [-0.25, -0.2) is 4.63 Å². The van der Waals surface area contributed by atoms with E-state index >= 15 is 0 Å². The number of ketones is 1. The van der Waals surface area contributed by atoms with Gasteiger partial charge in [-0.15, -0.1) is 0 Å². The number of Topliss-reactive ketones (excluding diaryl/α,β-unsaturated/α-hetero) is 1. The molecule has 1 aliphatic rings. The van der Waals surface area contributed by atoms with E-state index < -0.39 is 0 Å². The largest absolute Gasteiger partial charge is 0.332 e. The van der Waals surface area contributed by atoms with Gasteiger partial charge in [-0.3, -0.25) is 9.59 Å². The molecule has 0 N–H and O–H groups in total. The number of hydrogen-bond acceptors (Lipinski definition) is 5. The van der Waals surface area contributed by atoms with Crippen LogP contribution in [0.25, 0.3) is 11.0 Å². The van der Waals surface area contributed by atoms with E-state index in [0.29, 0.717) is 23.0 Å². The van der Waals surface area contributed by atoms with Crippen molar-refractivity contribution in [2.75, 3.05) is 7.05 Å². The minimum atomic E-state index is -0.303. The monoisotopic (exact) mass is 273 g/mol. The lowest BCUT2D eigenvalue weighted by molar-refractivity contribution is -0.124. The van der Waals surface area contributed by atoms with Gasteiger partial charge in [0.05, 0.1) is 6.04 Å². The van der Waals surface area contributed by atoms with Crippen molar-refractivity contribution in [2.24, 2.45) is 0 Å². The lowest BCUT2D eigenvalue weighted by Gasteiger charge is -2.30. The van der Waals surface area contributed by atoms with Crippen LogP contribution in [-0.4, -0.2) is 40.0 Å². The van der Waals surface area contributed by atoms with Gasteiger partial charge in [0.25, 0.3) is 5.91 Å². The zero-order valence-electron chi connectivity index (χ0n) is 11.2. The van der Waals surface area contributed by atoms with Crippen molar-refractivity contribution >= 4 is 22.7 Å². The van der Waals surface area contributed by atoms with Gasteiger partial charge < -0.3 is 4.90 Å². The molecule has 0 aliphatic heterocycles. The highest BCUT2D eigenvalue weighted by atomic mass is 16.6. The third-order valence-electron chi connectivity index (χ3n) is 3.81. The maximum atomic E-state index is 12.4. The maximum Gasteiger partial charge on any atom is 0.254 e. The third-order valence-corrected chi connectivity index (χ3v) is 3.81. The minimum Gasteiger partial charge on any atom is -0.332 e. The van der Waals surface area contributed by atoms with E-state index in [1.807, 2.05) is 0 Å². The molecule has 0 bridgehead atoms. The second-order valence-corrected chi connectivity index (χ2v) is 5.11. The average molecular weight is 273 g/mol. The molecule has 104 valence electrons. The molecule has 1 aromatic heterocycles. The predicted molar refractivity (Wildman–Crippen MR) is 71.2 cm³/mol. The summed E-state index contributed by atoms with van der Waals surface area (Å²) >= 11 is 0. The fourth-order valence-electron chi connectivity index (χ4n) is 2.63. The standard InChI is InChI=1S/C14H15N3O3/c1-17(12-4-2-3-5-13(12)18)14(19)9-6-7-10-11(8-9)16-20-15-10/h6-8,12H,2-5H2,1H3. The van der Waals surface area contributed by atoms with Crippen molar-refractivity contribution in [3.8, 4) is 0 Å². The lowest BCUT2D eigenvalue weighted by atomic mass is 9.93. The van der Waals surface area contributed by atoms with Gasteiger partial charge in [0, 0.05) is 19.0 Å². The highest BCUT2D eigenvalue weighted by Gasteiger charge is 2.29. The first-order chi connectivity index (χ1) is 9.66. The molecule has 1 aromatic carbocycles. The SMILES string of the molecule is CN(C(=O)c1ccc2nonc2c1)C1CCCCC1=O. The van der Waals surface area contributed by atoms with E-state index in [0.717, 1.165) is 19.3 Å². The van der Waals surface area contributed by atoms with E-state index in [1.54, 1.807) is 25.2 Å². The van der Waals surface area contributed by atoms with Crippen LogP contribution in [0.1, 0.15) is 36.0 Å². The van der Waals surface area contributed by atoms with Crippen molar-refractivity contribution in [3.05, 3.63) is 23.8 Å². The summed E-state index contributed by atoms with van der Waals surface area (Å²) in [6.07, 6.45) is 3.22. The van der Waals surface area contributed by atoms with Gasteiger partial charge in [-0.1, -0.05) is 6.42 Å². The van der Waals surface area contributed by atoms with E-state index in [-0.39, 0.29) is 17.7 Å². The van der Waals surface area contributed by atoms with Crippen molar-refractivity contribution in [3.63, 3.8) is 0 Å². The van der Waals surface area contributed by atoms with Crippen LogP contribution in [0.5, 0.6) is 0 Å². The van der Waals surface area contributed by atoms with Crippen molar-refractivity contribution in [2.45, 2.75) is 31.7 Å². The summed E-state index contributed by atoms with van der Waals surface area (Å²) in [5.41, 5.74) is 1.64. The predicted octanol–water partition coefficient (Wildman–Crippen LogP) is 1.81. The Morgan fingerprint density at radius 3 is 2.90 bits per heavy atom. The topological polar surface area (TPSA) is 76.3 Å². The van der Waals surface area contributed by atoms with Gasteiger partial charge in [-0.2, -0.15) is 0 Å². The summed E-state index contributed by atoms with van der Waals surface area (Å²) in [7, 11) is 1.68. The van der Waals surface area contributed by atoms with Gasteiger partial charge in [0.1, 0.15) is 11.0 Å². The van der Waals surface area contributed by atoms with Crippen LogP contribution in [0, 0.1) is 0 Å². The van der Waals surface area contributed by atoms with Gasteiger partial charge in [0.15, 0.2) is 5.78 Å². The van der Waals surface area contributed by atoms with Crippen molar-refractivity contribution in [1.29, 1.82) is 0 Å². The van der Waals surface area contributed by atoms with E-state index in [9.17, 15) is 9.59 Å². The summed E-state index contributed by atoms with van der Waals surface area (Å²) in [6.45, 7) is 0. The molecule has 1 heterocycles. The number of benzene rings is 1. The van der Waals surface area contributed by atoms with Crippen LogP contribution in [0.2, 0.25) is 0 Å². The molecule has 1 unspecified atom stereocenters. The van der Waals surface area contributed by atoms with Gasteiger partial charge in [0.2, 0.25) is 0 Å². The van der Waals surface area contributed by atoms with Gasteiger partial charge in [-0.05, 0) is 41.4 Å². The molecule has 6 nitrogen and oxygen atoms in total. The maximum absolute atomic E-state index is 12.4. The van der Waals surface area contributed by atoms with Crippen molar-refractivity contribution < 1.29 is 14.2 Å². The summed E-state index contributed by atoms with van der Waals surface area (Å²) in [4.78, 5) is 25.9. The number of nitrogens with zero attached hydrogens (tertiary/aromatic N) is 3. The fraction of sp³-hybridized carbons (Fsp3) is 0.429. The highest BCUT2D eigenvalue weighted by Crippen LogP contribution is 2.21. The van der Waals surface area contributed by atoms with Crippen LogP contribution < -0.4 is 0 Å². The summed E-state index contributed by atoms with van der Waals surface area (Å²) in [5, 5.41) is 7.43. The molecule has 0 spiro atoms. The Labute approximate surface area is 115 Å². The Kier molecular flexibility index (Phi) is 3.22.